The zero-order valence-corrected chi connectivity index (χ0v) is 19.7. The van der Waals surface area contributed by atoms with E-state index in [1.54, 1.807) is 0 Å². The van der Waals surface area contributed by atoms with Gasteiger partial charge in [0.2, 0.25) is 0 Å². The number of halogens is 1. The monoisotopic (exact) mass is 494 g/mol. The molecule has 0 bridgehead atoms. The summed E-state index contributed by atoms with van der Waals surface area (Å²) < 4.78 is 1.52. The maximum absolute atomic E-state index is 12.1. The van der Waals surface area contributed by atoms with Crippen molar-refractivity contribution < 1.29 is 4.79 Å². The van der Waals surface area contributed by atoms with Crippen molar-refractivity contribution >= 4 is 36.4 Å². The molecule has 0 aliphatic heterocycles. The van der Waals surface area contributed by atoms with E-state index in [4.69, 9.17) is 11.6 Å². The van der Waals surface area contributed by atoms with Crippen molar-refractivity contribution in [1.82, 2.24) is 0 Å². The fourth-order valence-corrected chi connectivity index (χ4v) is 5.64. The predicted molar refractivity (Wildman–Crippen MR) is 117 cm³/mol. The molecule has 0 radical (unpaired) electrons. The summed E-state index contributed by atoms with van der Waals surface area (Å²) in [6.45, 7) is 2.28. The fraction of sp³-hybridized carbons (Fsp3) is 0.696. The number of carbonyl (C=O) groups excluding carboxylic acids is 1. The molecule has 0 saturated heterocycles. The molecule has 0 saturated carbocycles. The van der Waals surface area contributed by atoms with Crippen LogP contribution in [0.5, 0.6) is 0 Å². The average Bonchev–Trinajstić information content (AvgIpc) is 2.65. The quantitative estimate of drug-likeness (QED) is 0.159. The SMILES string of the molecule is CCCCCCCCCCCCCCCC[Te]C(=O)c1ccc(Cl)cc1. The third kappa shape index (κ3) is 13.2. The van der Waals surface area contributed by atoms with Crippen LogP contribution in [-0.2, 0) is 0 Å². The molecular weight excluding hydrogens is 455 g/mol. The number of unbranched alkanes of at least 4 members (excludes halogenated alkanes) is 13. The van der Waals surface area contributed by atoms with Crippen LogP contribution in [0.3, 0.4) is 0 Å². The van der Waals surface area contributed by atoms with Gasteiger partial charge in [-0.15, -0.1) is 0 Å². The van der Waals surface area contributed by atoms with Gasteiger partial charge < -0.3 is 0 Å². The molecular formula is C23H37ClOTe. The van der Waals surface area contributed by atoms with E-state index in [1.165, 1.54) is 89.9 Å². The van der Waals surface area contributed by atoms with Crippen molar-refractivity contribution in [2.24, 2.45) is 0 Å². The second-order valence-corrected chi connectivity index (χ2v) is 10.7. The number of hydrogen-bond donors (Lipinski definition) is 0. The third-order valence-corrected chi connectivity index (χ3v) is 7.89. The predicted octanol–water partition coefficient (Wildman–Crippen LogP) is 8.08. The van der Waals surface area contributed by atoms with Crippen LogP contribution in [0.15, 0.2) is 24.3 Å². The van der Waals surface area contributed by atoms with Crippen molar-refractivity contribution in [2.45, 2.75) is 101 Å². The molecule has 1 aromatic carbocycles. The molecule has 0 fully saturated rings. The number of carbonyl (C=O) groups is 1. The van der Waals surface area contributed by atoms with E-state index in [2.05, 4.69) is 6.92 Å². The molecule has 0 unspecified atom stereocenters. The summed E-state index contributed by atoms with van der Waals surface area (Å²) in [7, 11) is 0. The van der Waals surface area contributed by atoms with Crippen molar-refractivity contribution in [3.63, 3.8) is 0 Å². The number of benzene rings is 1. The van der Waals surface area contributed by atoms with E-state index in [0.29, 0.717) is 8.85 Å². The zero-order valence-electron chi connectivity index (χ0n) is 16.6. The van der Waals surface area contributed by atoms with E-state index >= 15 is 0 Å². The van der Waals surface area contributed by atoms with Crippen LogP contribution in [0.25, 0.3) is 0 Å². The van der Waals surface area contributed by atoms with E-state index in [0.717, 1.165) is 10.0 Å². The van der Waals surface area contributed by atoms with Crippen LogP contribution in [0, 0.1) is 0 Å². The first kappa shape index (κ1) is 24.0. The van der Waals surface area contributed by atoms with Crippen molar-refractivity contribution in [1.29, 1.82) is 0 Å². The molecule has 0 aliphatic carbocycles. The van der Waals surface area contributed by atoms with E-state index in [9.17, 15) is 4.79 Å². The number of hydrogen-bond acceptors (Lipinski definition) is 1. The van der Waals surface area contributed by atoms with Gasteiger partial charge >= 0.3 is 151 Å². The van der Waals surface area contributed by atoms with Crippen molar-refractivity contribution in [3.05, 3.63) is 34.9 Å². The molecule has 0 N–H and O–H groups in total. The summed E-state index contributed by atoms with van der Waals surface area (Å²) in [4.78, 5) is 12.1. The average molecular weight is 493 g/mol. The Morgan fingerprint density at radius 3 is 1.62 bits per heavy atom. The molecule has 3 heteroatoms. The molecule has 0 aromatic heterocycles. The van der Waals surface area contributed by atoms with E-state index < -0.39 is 20.9 Å². The molecule has 148 valence electrons. The normalized spacial score (nSPS) is 11.0. The summed E-state index contributed by atoms with van der Waals surface area (Å²) in [5, 5.41) is 0.703. The van der Waals surface area contributed by atoms with Gasteiger partial charge in [0.05, 0.1) is 0 Å². The minimum atomic E-state index is -0.536. The van der Waals surface area contributed by atoms with Crippen LogP contribution in [0.2, 0.25) is 9.49 Å². The fourth-order valence-electron chi connectivity index (χ4n) is 3.13. The van der Waals surface area contributed by atoms with E-state index in [-0.39, 0.29) is 0 Å². The molecule has 0 atom stereocenters. The molecule has 1 aromatic rings. The summed E-state index contributed by atoms with van der Waals surface area (Å²) >= 11 is 5.33. The van der Waals surface area contributed by atoms with Gasteiger partial charge in [-0.1, -0.05) is 26.2 Å². The summed E-state index contributed by atoms with van der Waals surface area (Å²) in [6.07, 6.45) is 19.5. The minimum absolute atomic E-state index is 0.377. The second-order valence-electron chi connectivity index (χ2n) is 7.24. The Labute approximate surface area is 176 Å². The van der Waals surface area contributed by atoms with Crippen molar-refractivity contribution in [3.8, 4) is 0 Å². The van der Waals surface area contributed by atoms with Gasteiger partial charge in [-0.05, 0) is 0 Å². The summed E-state index contributed by atoms with van der Waals surface area (Å²) in [5.74, 6) is 0. The molecule has 1 nitrogen and oxygen atoms in total. The Bertz CT molecular complexity index is 458. The second kappa shape index (κ2) is 17.1. The maximum atomic E-state index is 12.1. The van der Waals surface area contributed by atoms with Crippen LogP contribution < -0.4 is 0 Å². The Morgan fingerprint density at radius 1 is 0.731 bits per heavy atom. The Balaban J connectivity index is 1.82. The van der Waals surface area contributed by atoms with Gasteiger partial charge in [0.1, 0.15) is 0 Å². The molecule has 0 amide bonds. The van der Waals surface area contributed by atoms with Crippen molar-refractivity contribution in [2.75, 3.05) is 0 Å². The van der Waals surface area contributed by atoms with Crippen LogP contribution in [0.4, 0.5) is 0 Å². The van der Waals surface area contributed by atoms with Crippen LogP contribution in [-0.4, -0.2) is 24.8 Å². The topological polar surface area (TPSA) is 17.1 Å². The standard InChI is InChI=1S/C23H37ClOTe/c1-2-3-4-5-6-7-8-9-10-11-12-13-14-15-20-26-23(25)21-16-18-22(24)19-17-21/h16-19H,2-15,20H2,1H3. The molecule has 0 heterocycles. The Kier molecular flexibility index (Phi) is 15.8. The van der Waals surface area contributed by atoms with Gasteiger partial charge in [-0.2, -0.15) is 0 Å². The molecule has 0 spiro atoms. The van der Waals surface area contributed by atoms with Gasteiger partial charge in [0.15, 0.2) is 0 Å². The Hall–Kier alpha value is -0.0304. The van der Waals surface area contributed by atoms with Gasteiger partial charge in [0.25, 0.3) is 0 Å². The molecule has 26 heavy (non-hydrogen) atoms. The first-order chi connectivity index (χ1) is 12.7. The van der Waals surface area contributed by atoms with Gasteiger partial charge in [-0.3, -0.25) is 0 Å². The molecule has 1 rings (SSSR count). The first-order valence-electron chi connectivity index (χ1n) is 10.7. The van der Waals surface area contributed by atoms with Crippen LogP contribution in [0.1, 0.15) is 107 Å². The van der Waals surface area contributed by atoms with Crippen LogP contribution >= 0.6 is 11.6 Å². The summed E-state index contributed by atoms with van der Waals surface area (Å²) in [6, 6.07) is 7.35. The molecule has 0 aliphatic rings. The van der Waals surface area contributed by atoms with Gasteiger partial charge in [0, 0.05) is 0 Å². The van der Waals surface area contributed by atoms with E-state index in [1.807, 2.05) is 24.3 Å². The Morgan fingerprint density at radius 2 is 1.15 bits per heavy atom. The van der Waals surface area contributed by atoms with Gasteiger partial charge in [-0.25, -0.2) is 0 Å². The first-order valence-corrected chi connectivity index (χ1v) is 13.9. The zero-order chi connectivity index (χ0) is 18.9. The number of rotatable bonds is 17. The summed E-state index contributed by atoms with van der Waals surface area (Å²) in [5.41, 5.74) is 0.849. The third-order valence-electron chi connectivity index (χ3n) is 4.81.